The van der Waals surface area contributed by atoms with E-state index in [9.17, 15) is 9.59 Å². The fourth-order valence-electron chi connectivity index (χ4n) is 4.22. The number of carbonyl (C=O) groups is 2. The summed E-state index contributed by atoms with van der Waals surface area (Å²) in [6.07, 6.45) is 5.43. The third-order valence-electron chi connectivity index (χ3n) is 5.27. The molecular weight excluding hydrogens is 304 g/mol. The molecule has 0 saturated heterocycles. The van der Waals surface area contributed by atoms with Gasteiger partial charge in [0.2, 0.25) is 0 Å². The Morgan fingerprint density at radius 1 is 1.08 bits per heavy atom. The highest BCUT2D eigenvalue weighted by Gasteiger charge is 2.41. The second kappa shape index (κ2) is 6.11. The average Bonchev–Trinajstić information content (AvgIpc) is 2.63. The van der Waals surface area contributed by atoms with Gasteiger partial charge in [0.25, 0.3) is 0 Å². The van der Waals surface area contributed by atoms with Gasteiger partial charge in [0.15, 0.2) is 11.6 Å². The van der Waals surface area contributed by atoms with Crippen LogP contribution in [0.1, 0.15) is 46.4 Å². The number of hydrogen-bond acceptors (Lipinski definition) is 4. The molecule has 1 aromatic carbocycles. The predicted molar refractivity (Wildman–Crippen MR) is 88.9 cm³/mol. The van der Waals surface area contributed by atoms with Crippen LogP contribution in [0.3, 0.4) is 0 Å². The first kappa shape index (κ1) is 15.5. The van der Waals surface area contributed by atoms with E-state index in [2.05, 4.69) is 6.08 Å². The highest BCUT2D eigenvalue weighted by Crippen LogP contribution is 2.45. The van der Waals surface area contributed by atoms with Crippen LogP contribution in [0.2, 0.25) is 0 Å². The number of allylic oxidation sites excluding steroid dienone is 3. The summed E-state index contributed by atoms with van der Waals surface area (Å²) in [6, 6.07) is 7.15. The maximum atomic E-state index is 13.1. The van der Waals surface area contributed by atoms with Crippen molar-refractivity contribution in [1.82, 2.24) is 0 Å². The maximum absolute atomic E-state index is 13.1. The van der Waals surface area contributed by atoms with Crippen LogP contribution in [0.15, 0.2) is 47.1 Å². The van der Waals surface area contributed by atoms with Crippen LogP contribution in [0.5, 0.6) is 0 Å². The predicted octanol–water partition coefficient (Wildman–Crippen LogP) is 3.48. The molecule has 0 spiro atoms. The molecule has 1 aromatic rings. The van der Waals surface area contributed by atoms with Crippen LogP contribution in [0.25, 0.3) is 0 Å². The first-order valence-corrected chi connectivity index (χ1v) is 8.44. The third-order valence-corrected chi connectivity index (χ3v) is 5.27. The quantitative estimate of drug-likeness (QED) is 0.631. The molecule has 0 heterocycles. The van der Waals surface area contributed by atoms with Gasteiger partial charge in [-0.2, -0.15) is 0 Å². The van der Waals surface area contributed by atoms with E-state index in [-0.39, 0.29) is 30.4 Å². The number of fused-ring (bicyclic) bond motifs is 3. The topological polar surface area (TPSA) is 52.6 Å². The summed E-state index contributed by atoms with van der Waals surface area (Å²) in [5.74, 6) is 0.0350. The van der Waals surface area contributed by atoms with E-state index >= 15 is 0 Å². The van der Waals surface area contributed by atoms with Gasteiger partial charge in [0.05, 0.1) is 6.10 Å². The van der Waals surface area contributed by atoms with E-state index < -0.39 is 0 Å². The number of hydrogen-bond donors (Lipinski definition) is 0. The molecule has 0 aromatic heterocycles. The first-order chi connectivity index (χ1) is 11.7. The van der Waals surface area contributed by atoms with Gasteiger partial charge in [0.1, 0.15) is 6.79 Å². The summed E-state index contributed by atoms with van der Waals surface area (Å²) in [5.41, 5.74) is 3.63. The molecule has 124 valence electrons. The number of benzene rings is 1. The van der Waals surface area contributed by atoms with Crippen molar-refractivity contribution in [2.45, 2.75) is 31.8 Å². The second-order valence-corrected chi connectivity index (χ2v) is 6.55. The molecule has 0 aliphatic heterocycles. The second-order valence-electron chi connectivity index (χ2n) is 6.55. The number of carbonyl (C=O) groups excluding carboxylic acids is 2. The van der Waals surface area contributed by atoms with E-state index in [4.69, 9.17) is 9.47 Å². The number of ketones is 2. The highest BCUT2D eigenvalue weighted by molar-refractivity contribution is 6.27. The zero-order valence-corrected chi connectivity index (χ0v) is 13.7. The molecule has 0 bridgehead atoms. The maximum Gasteiger partial charge on any atom is 0.190 e. The molecule has 1 saturated carbocycles. The minimum absolute atomic E-state index is 0.00848. The normalized spacial score (nSPS) is 25.8. The fourth-order valence-corrected chi connectivity index (χ4v) is 4.22. The Hall–Kier alpha value is -2.04. The molecule has 0 radical (unpaired) electrons. The molecule has 4 nitrogen and oxygen atoms in total. The summed E-state index contributed by atoms with van der Waals surface area (Å²) in [4.78, 5) is 25.9. The van der Waals surface area contributed by atoms with E-state index in [0.717, 1.165) is 24.8 Å². The van der Waals surface area contributed by atoms with Crippen molar-refractivity contribution in [3.05, 3.63) is 58.2 Å². The lowest BCUT2D eigenvalue weighted by Crippen LogP contribution is -2.35. The number of ether oxygens (including phenoxy) is 2. The minimum atomic E-state index is -0.0159. The SMILES string of the molecule is COCO[C@H]1CCC[C@H]2C1=CCC1=C2C(=O)c2ccccc2C1=O. The third kappa shape index (κ3) is 2.29. The molecule has 0 unspecified atom stereocenters. The van der Waals surface area contributed by atoms with E-state index in [0.29, 0.717) is 28.7 Å². The first-order valence-electron chi connectivity index (χ1n) is 8.44. The average molecular weight is 324 g/mol. The highest BCUT2D eigenvalue weighted by atomic mass is 16.7. The summed E-state index contributed by atoms with van der Waals surface area (Å²) in [7, 11) is 1.61. The molecule has 4 rings (SSSR count). The summed E-state index contributed by atoms with van der Waals surface area (Å²) >= 11 is 0. The lowest BCUT2D eigenvalue weighted by molar-refractivity contribution is -0.0680. The smallest absolute Gasteiger partial charge is 0.190 e. The lowest BCUT2D eigenvalue weighted by atomic mass is 9.67. The van der Waals surface area contributed by atoms with Gasteiger partial charge in [-0.15, -0.1) is 0 Å². The minimum Gasteiger partial charge on any atom is -0.359 e. The van der Waals surface area contributed by atoms with Gasteiger partial charge in [-0.1, -0.05) is 30.3 Å². The molecule has 3 aliphatic rings. The van der Waals surface area contributed by atoms with Gasteiger partial charge in [0, 0.05) is 35.3 Å². The van der Waals surface area contributed by atoms with Crippen LogP contribution in [0, 0.1) is 5.92 Å². The molecule has 0 amide bonds. The van der Waals surface area contributed by atoms with Crippen molar-refractivity contribution < 1.29 is 19.1 Å². The van der Waals surface area contributed by atoms with Crippen LogP contribution in [0.4, 0.5) is 0 Å². The van der Waals surface area contributed by atoms with Gasteiger partial charge in [-0.25, -0.2) is 0 Å². The summed E-state index contributed by atoms with van der Waals surface area (Å²) in [6.45, 7) is 0.246. The number of rotatable bonds is 3. The Kier molecular flexibility index (Phi) is 3.94. The van der Waals surface area contributed by atoms with Crippen molar-refractivity contribution in [3.8, 4) is 0 Å². The van der Waals surface area contributed by atoms with Gasteiger partial charge in [-0.05, 0) is 31.3 Å². The Morgan fingerprint density at radius 3 is 2.58 bits per heavy atom. The monoisotopic (exact) mass is 324 g/mol. The van der Waals surface area contributed by atoms with Crippen molar-refractivity contribution in [3.63, 3.8) is 0 Å². The Balaban J connectivity index is 1.72. The summed E-state index contributed by atoms with van der Waals surface area (Å²) in [5, 5.41) is 0. The largest absolute Gasteiger partial charge is 0.359 e. The van der Waals surface area contributed by atoms with Crippen LogP contribution < -0.4 is 0 Å². The standard InChI is InChI=1S/C20H20O4/c1-23-11-24-17-8-4-7-13-12(17)9-10-16-18(13)20(22)15-6-3-2-5-14(15)19(16)21/h2-3,5-6,9,13,17H,4,7-8,10-11H2,1H3/t13-,17-/m0/s1. The van der Waals surface area contributed by atoms with Crippen LogP contribution in [-0.4, -0.2) is 31.6 Å². The molecule has 0 N–H and O–H groups in total. The van der Waals surface area contributed by atoms with Gasteiger partial charge < -0.3 is 9.47 Å². The van der Waals surface area contributed by atoms with Crippen LogP contribution in [-0.2, 0) is 9.47 Å². The zero-order chi connectivity index (χ0) is 16.7. The van der Waals surface area contributed by atoms with Crippen molar-refractivity contribution in [2.24, 2.45) is 5.92 Å². The van der Waals surface area contributed by atoms with Crippen molar-refractivity contribution in [1.29, 1.82) is 0 Å². The molecule has 24 heavy (non-hydrogen) atoms. The lowest BCUT2D eigenvalue weighted by Gasteiger charge is -2.38. The zero-order valence-electron chi connectivity index (χ0n) is 13.7. The Labute approximate surface area is 141 Å². The Morgan fingerprint density at radius 2 is 1.83 bits per heavy atom. The van der Waals surface area contributed by atoms with Crippen LogP contribution >= 0.6 is 0 Å². The molecule has 2 atom stereocenters. The van der Waals surface area contributed by atoms with Gasteiger partial charge in [-0.3, -0.25) is 9.59 Å². The van der Waals surface area contributed by atoms with E-state index in [1.807, 2.05) is 12.1 Å². The molecular formula is C20H20O4. The fraction of sp³-hybridized carbons (Fsp3) is 0.400. The van der Waals surface area contributed by atoms with Crippen molar-refractivity contribution >= 4 is 11.6 Å². The van der Waals surface area contributed by atoms with Crippen molar-refractivity contribution in [2.75, 3.05) is 13.9 Å². The molecule has 1 fully saturated rings. The van der Waals surface area contributed by atoms with Gasteiger partial charge >= 0.3 is 0 Å². The van der Waals surface area contributed by atoms with E-state index in [1.54, 1.807) is 19.2 Å². The molecule has 3 aliphatic carbocycles. The summed E-state index contributed by atoms with van der Waals surface area (Å²) < 4.78 is 10.8. The number of Topliss-reactive ketones (excluding diaryl/α,β-unsaturated/α-hetero) is 2. The van der Waals surface area contributed by atoms with E-state index in [1.165, 1.54) is 0 Å². The number of methoxy groups -OCH3 is 1. The molecule has 4 heteroatoms. The Bertz CT molecular complexity index is 772.